The first-order chi connectivity index (χ1) is 8.06. The van der Waals surface area contributed by atoms with Crippen molar-refractivity contribution in [3.63, 3.8) is 0 Å². The van der Waals surface area contributed by atoms with Gasteiger partial charge in [-0.05, 0) is 37.2 Å². The molecular weight excluding hydrogens is 208 g/mol. The largest absolute Gasteiger partial charge is 0.300 e. The maximum Gasteiger partial charge on any atom is 0.130 e. The molecule has 0 amide bonds. The summed E-state index contributed by atoms with van der Waals surface area (Å²) < 4.78 is 0. The number of ketones is 1. The number of carbonyl (C=O) groups excluding carboxylic acids is 1. The molecule has 0 bridgehead atoms. The van der Waals surface area contributed by atoms with E-state index in [9.17, 15) is 4.79 Å². The van der Waals surface area contributed by atoms with Crippen LogP contribution in [0, 0.1) is 5.41 Å². The van der Waals surface area contributed by atoms with Gasteiger partial charge in [-0.25, -0.2) is 0 Å². The van der Waals surface area contributed by atoms with E-state index in [0.717, 1.165) is 25.7 Å². The second-order valence-corrected chi connectivity index (χ2v) is 5.38. The zero-order valence-electron chi connectivity index (χ0n) is 11.3. The number of carbonyl (C=O) groups is 1. The standard InChI is InChI=1S/C16H24O/c1-4-16(3,13-14(2)17)12-8-11-15-9-6-5-7-10-15/h5-7,9-10H,4,8,11-13H2,1-3H3/t16-/m0/s1. The van der Waals surface area contributed by atoms with Crippen LogP contribution < -0.4 is 0 Å². The first-order valence-electron chi connectivity index (χ1n) is 6.59. The van der Waals surface area contributed by atoms with Crippen molar-refractivity contribution in [3.8, 4) is 0 Å². The molecule has 0 spiro atoms. The van der Waals surface area contributed by atoms with Crippen molar-refractivity contribution in [1.29, 1.82) is 0 Å². The van der Waals surface area contributed by atoms with Gasteiger partial charge in [-0.1, -0.05) is 50.6 Å². The summed E-state index contributed by atoms with van der Waals surface area (Å²) in [6.45, 7) is 6.12. The number of aryl methyl sites for hydroxylation is 1. The normalized spacial score (nSPS) is 14.3. The summed E-state index contributed by atoms with van der Waals surface area (Å²) in [7, 11) is 0. The van der Waals surface area contributed by atoms with Crippen LogP contribution in [0.3, 0.4) is 0 Å². The van der Waals surface area contributed by atoms with Crippen molar-refractivity contribution in [2.75, 3.05) is 0 Å². The van der Waals surface area contributed by atoms with Gasteiger partial charge in [-0.3, -0.25) is 0 Å². The van der Waals surface area contributed by atoms with Crippen molar-refractivity contribution in [3.05, 3.63) is 35.9 Å². The quantitative estimate of drug-likeness (QED) is 0.680. The monoisotopic (exact) mass is 232 g/mol. The summed E-state index contributed by atoms with van der Waals surface area (Å²) in [6, 6.07) is 10.6. The maximum atomic E-state index is 11.3. The van der Waals surface area contributed by atoms with Crippen molar-refractivity contribution in [2.24, 2.45) is 5.41 Å². The molecule has 1 nitrogen and oxygen atoms in total. The minimum Gasteiger partial charge on any atom is -0.300 e. The van der Waals surface area contributed by atoms with E-state index in [1.807, 2.05) is 0 Å². The predicted molar refractivity (Wildman–Crippen MR) is 73.1 cm³/mol. The van der Waals surface area contributed by atoms with Crippen molar-refractivity contribution in [2.45, 2.75) is 52.9 Å². The highest BCUT2D eigenvalue weighted by Crippen LogP contribution is 2.32. The van der Waals surface area contributed by atoms with Crippen LogP contribution in [0.2, 0.25) is 0 Å². The van der Waals surface area contributed by atoms with E-state index >= 15 is 0 Å². The summed E-state index contributed by atoms with van der Waals surface area (Å²) in [5.74, 6) is 0.314. The molecule has 0 aliphatic carbocycles. The van der Waals surface area contributed by atoms with Gasteiger partial charge in [0.2, 0.25) is 0 Å². The van der Waals surface area contributed by atoms with Crippen LogP contribution in [0.15, 0.2) is 30.3 Å². The number of hydrogen-bond donors (Lipinski definition) is 0. The first-order valence-corrected chi connectivity index (χ1v) is 6.59. The highest BCUT2D eigenvalue weighted by atomic mass is 16.1. The fourth-order valence-corrected chi connectivity index (χ4v) is 2.36. The lowest BCUT2D eigenvalue weighted by Crippen LogP contribution is -2.19. The van der Waals surface area contributed by atoms with E-state index < -0.39 is 0 Å². The minimum atomic E-state index is 0.195. The van der Waals surface area contributed by atoms with E-state index in [1.165, 1.54) is 12.0 Å². The van der Waals surface area contributed by atoms with Gasteiger partial charge >= 0.3 is 0 Å². The SMILES string of the molecule is CC[C@@](C)(CCCc1ccccc1)CC(C)=O. The molecule has 0 N–H and O–H groups in total. The Bertz CT molecular complexity index is 342. The van der Waals surface area contributed by atoms with Gasteiger partial charge in [0, 0.05) is 6.42 Å². The molecule has 0 saturated carbocycles. The molecule has 0 heterocycles. The molecule has 0 unspecified atom stereocenters. The maximum absolute atomic E-state index is 11.3. The highest BCUT2D eigenvalue weighted by molar-refractivity contribution is 5.76. The van der Waals surface area contributed by atoms with E-state index in [1.54, 1.807) is 6.92 Å². The van der Waals surface area contributed by atoms with Gasteiger partial charge < -0.3 is 4.79 Å². The van der Waals surface area contributed by atoms with Gasteiger partial charge in [-0.2, -0.15) is 0 Å². The average molecular weight is 232 g/mol. The zero-order chi connectivity index (χ0) is 12.7. The van der Waals surface area contributed by atoms with Crippen molar-refractivity contribution in [1.82, 2.24) is 0 Å². The van der Waals surface area contributed by atoms with Crippen LogP contribution in [-0.4, -0.2) is 5.78 Å². The zero-order valence-corrected chi connectivity index (χ0v) is 11.3. The summed E-state index contributed by atoms with van der Waals surface area (Å²) in [5.41, 5.74) is 1.59. The molecule has 94 valence electrons. The second kappa shape index (κ2) is 6.58. The molecule has 1 aromatic carbocycles. The lowest BCUT2D eigenvalue weighted by Gasteiger charge is -2.27. The van der Waals surface area contributed by atoms with Gasteiger partial charge in [-0.15, -0.1) is 0 Å². The van der Waals surface area contributed by atoms with Crippen LogP contribution in [0.5, 0.6) is 0 Å². The molecule has 0 aromatic heterocycles. The van der Waals surface area contributed by atoms with Crippen LogP contribution in [0.25, 0.3) is 0 Å². The smallest absolute Gasteiger partial charge is 0.130 e. The molecule has 1 rings (SSSR count). The lowest BCUT2D eigenvalue weighted by atomic mass is 9.78. The van der Waals surface area contributed by atoms with Gasteiger partial charge in [0.15, 0.2) is 0 Å². The molecule has 0 aliphatic heterocycles. The number of hydrogen-bond acceptors (Lipinski definition) is 1. The van der Waals surface area contributed by atoms with Crippen LogP contribution in [0.1, 0.15) is 52.0 Å². The predicted octanol–water partition coefficient (Wildman–Crippen LogP) is 4.40. The topological polar surface area (TPSA) is 17.1 Å². The highest BCUT2D eigenvalue weighted by Gasteiger charge is 2.23. The third kappa shape index (κ3) is 5.16. The Hall–Kier alpha value is -1.11. The fraction of sp³-hybridized carbons (Fsp3) is 0.562. The third-order valence-corrected chi connectivity index (χ3v) is 3.62. The lowest BCUT2D eigenvalue weighted by molar-refractivity contribution is -0.119. The van der Waals surface area contributed by atoms with E-state index in [0.29, 0.717) is 5.78 Å². The van der Waals surface area contributed by atoms with Crippen LogP contribution in [0.4, 0.5) is 0 Å². The Morgan fingerprint density at radius 3 is 2.41 bits per heavy atom. The molecule has 17 heavy (non-hydrogen) atoms. The Morgan fingerprint density at radius 1 is 1.24 bits per heavy atom. The van der Waals surface area contributed by atoms with Gasteiger partial charge in [0.1, 0.15) is 5.78 Å². The average Bonchev–Trinajstić information content (AvgIpc) is 2.29. The van der Waals surface area contributed by atoms with E-state index in [2.05, 4.69) is 44.2 Å². The van der Waals surface area contributed by atoms with Gasteiger partial charge in [0.25, 0.3) is 0 Å². The van der Waals surface area contributed by atoms with Crippen LogP contribution >= 0.6 is 0 Å². The summed E-state index contributed by atoms with van der Waals surface area (Å²) >= 11 is 0. The summed E-state index contributed by atoms with van der Waals surface area (Å²) in [6.07, 6.45) is 5.23. The third-order valence-electron chi connectivity index (χ3n) is 3.62. The Kier molecular flexibility index (Phi) is 5.40. The second-order valence-electron chi connectivity index (χ2n) is 5.38. The molecular formula is C16H24O. The molecule has 0 radical (unpaired) electrons. The van der Waals surface area contributed by atoms with Crippen LogP contribution in [-0.2, 0) is 11.2 Å². The Balaban J connectivity index is 2.40. The molecule has 1 heteroatoms. The molecule has 1 atom stereocenters. The fourth-order valence-electron chi connectivity index (χ4n) is 2.36. The van der Waals surface area contributed by atoms with Crippen molar-refractivity contribution >= 4 is 5.78 Å². The molecule has 0 fully saturated rings. The number of rotatable bonds is 7. The van der Waals surface area contributed by atoms with Gasteiger partial charge in [0.05, 0.1) is 0 Å². The molecule has 1 aromatic rings. The number of Topliss-reactive ketones (excluding diaryl/α,β-unsaturated/α-hetero) is 1. The Labute approximate surface area is 105 Å². The summed E-state index contributed by atoms with van der Waals surface area (Å²) in [5, 5.41) is 0. The summed E-state index contributed by atoms with van der Waals surface area (Å²) in [4.78, 5) is 11.3. The van der Waals surface area contributed by atoms with E-state index in [-0.39, 0.29) is 5.41 Å². The minimum absolute atomic E-state index is 0.195. The van der Waals surface area contributed by atoms with Crippen molar-refractivity contribution < 1.29 is 4.79 Å². The molecule has 0 aliphatic rings. The number of benzene rings is 1. The first kappa shape index (κ1) is 14.0. The Morgan fingerprint density at radius 2 is 1.88 bits per heavy atom. The van der Waals surface area contributed by atoms with E-state index in [4.69, 9.17) is 0 Å². The molecule has 0 saturated heterocycles.